The first kappa shape index (κ1) is 26.3. The van der Waals surface area contributed by atoms with Crippen molar-refractivity contribution in [1.29, 1.82) is 0 Å². The molecule has 0 aromatic heterocycles. The average Bonchev–Trinajstić information content (AvgIpc) is 2.92. The molecule has 3 amide bonds. The zero-order valence-corrected chi connectivity index (χ0v) is 21.9. The number of nitrogens with zero attached hydrogens (tertiary/aromatic N) is 3. The second-order valence-electron chi connectivity index (χ2n) is 10.4. The molecule has 1 unspecified atom stereocenters. The molecule has 4 rings (SSSR count). The number of ether oxygens (including phenoxy) is 2. The predicted molar refractivity (Wildman–Crippen MR) is 137 cm³/mol. The first-order valence-electron chi connectivity index (χ1n) is 13.7. The Hall–Kier alpha value is -2.77. The van der Waals surface area contributed by atoms with E-state index >= 15 is 0 Å². The quantitative estimate of drug-likeness (QED) is 0.573. The Kier molecular flexibility index (Phi) is 9.10. The standard InChI is InChI=1S/C28H41N3O5/c1-3-35-25-18-23(9-10-24(25)36-20-26(32)29-13-5-4-6-14-29)28(34)30-16-11-22(12-17-30)27(33)31-15-7-8-21(2)19-31/h9-10,18,21-22H,3-8,11-17,19-20H2,1-2H3. The zero-order chi connectivity index (χ0) is 25.5. The summed E-state index contributed by atoms with van der Waals surface area (Å²) in [5, 5.41) is 0. The van der Waals surface area contributed by atoms with Crippen molar-refractivity contribution < 1.29 is 23.9 Å². The van der Waals surface area contributed by atoms with Crippen molar-refractivity contribution in [3.8, 4) is 11.5 Å². The van der Waals surface area contributed by atoms with Crippen LogP contribution < -0.4 is 9.47 Å². The van der Waals surface area contributed by atoms with Gasteiger partial charge in [0.15, 0.2) is 18.1 Å². The summed E-state index contributed by atoms with van der Waals surface area (Å²) in [7, 11) is 0. The van der Waals surface area contributed by atoms with Gasteiger partial charge in [0, 0.05) is 50.7 Å². The maximum atomic E-state index is 13.2. The lowest BCUT2D eigenvalue weighted by atomic mass is 9.92. The van der Waals surface area contributed by atoms with Gasteiger partial charge in [0.2, 0.25) is 5.91 Å². The monoisotopic (exact) mass is 499 g/mol. The predicted octanol–water partition coefficient (Wildman–Crippen LogP) is 3.59. The van der Waals surface area contributed by atoms with Crippen LogP contribution >= 0.6 is 0 Å². The molecule has 1 aromatic carbocycles. The highest BCUT2D eigenvalue weighted by Gasteiger charge is 2.32. The summed E-state index contributed by atoms with van der Waals surface area (Å²) in [5.74, 6) is 1.69. The number of amides is 3. The molecule has 3 aliphatic heterocycles. The molecular formula is C28H41N3O5. The van der Waals surface area contributed by atoms with E-state index in [9.17, 15) is 14.4 Å². The van der Waals surface area contributed by atoms with Crippen molar-refractivity contribution in [2.24, 2.45) is 11.8 Å². The summed E-state index contributed by atoms with van der Waals surface area (Å²) >= 11 is 0. The van der Waals surface area contributed by atoms with Crippen molar-refractivity contribution >= 4 is 17.7 Å². The Morgan fingerprint density at radius 2 is 1.56 bits per heavy atom. The molecule has 1 atom stereocenters. The molecule has 198 valence electrons. The molecule has 0 bridgehead atoms. The molecule has 3 fully saturated rings. The third kappa shape index (κ3) is 6.51. The van der Waals surface area contributed by atoms with E-state index in [4.69, 9.17) is 9.47 Å². The van der Waals surface area contributed by atoms with Gasteiger partial charge < -0.3 is 24.2 Å². The summed E-state index contributed by atoms with van der Waals surface area (Å²) < 4.78 is 11.6. The molecule has 3 saturated heterocycles. The van der Waals surface area contributed by atoms with Crippen molar-refractivity contribution in [2.45, 2.75) is 58.8 Å². The van der Waals surface area contributed by atoms with Crippen LogP contribution in [0.2, 0.25) is 0 Å². The van der Waals surface area contributed by atoms with E-state index in [0.717, 1.165) is 45.4 Å². The smallest absolute Gasteiger partial charge is 0.260 e. The van der Waals surface area contributed by atoms with Crippen molar-refractivity contribution in [3.05, 3.63) is 23.8 Å². The minimum absolute atomic E-state index is 0.00607. The molecule has 0 spiro atoms. The van der Waals surface area contributed by atoms with Gasteiger partial charge >= 0.3 is 0 Å². The lowest BCUT2D eigenvalue weighted by Crippen LogP contribution is -2.47. The van der Waals surface area contributed by atoms with Gasteiger partial charge in [-0.3, -0.25) is 14.4 Å². The Balaban J connectivity index is 1.33. The zero-order valence-electron chi connectivity index (χ0n) is 21.9. The average molecular weight is 500 g/mol. The van der Waals surface area contributed by atoms with Gasteiger partial charge in [-0.1, -0.05) is 6.92 Å². The van der Waals surface area contributed by atoms with E-state index in [-0.39, 0.29) is 30.2 Å². The Morgan fingerprint density at radius 3 is 2.25 bits per heavy atom. The number of hydrogen-bond acceptors (Lipinski definition) is 5. The second kappa shape index (κ2) is 12.5. The van der Waals surface area contributed by atoms with Crippen LogP contribution in [0.5, 0.6) is 11.5 Å². The third-order valence-electron chi connectivity index (χ3n) is 7.65. The van der Waals surface area contributed by atoms with Crippen molar-refractivity contribution in [3.63, 3.8) is 0 Å². The van der Waals surface area contributed by atoms with E-state index in [0.29, 0.717) is 55.5 Å². The molecule has 8 nitrogen and oxygen atoms in total. The van der Waals surface area contributed by atoms with E-state index in [2.05, 4.69) is 6.92 Å². The van der Waals surface area contributed by atoms with Crippen LogP contribution in [0.4, 0.5) is 0 Å². The molecule has 3 aliphatic rings. The normalized spacial score (nSPS) is 21.3. The molecule has 0 saturated carbocycles. The Bertz CT molecular complexity index is 922. The number of hydrogen-bond donors (Lipinski definition) is 0. The molecule has 3 heterocycles. The van der Waals surface area contributed by atoms with Crippen LogP contribution in [0.25, 0.3) is 0 Å². The van der Waals surface area contributed by atoms with Gasteiger partial charge in [0.1, 0.15) is 0 Å². The maximum absolute atomic E-state index is 13.2. The number of rotatable bonds is 7. The van der Waals surface area contributed by atoms with Crippen LogP contribution in [0, 0.1) is 11.8 Å². The summed E-state index contributed by atoms with van der Waals surface area (Å²) in [6.07, 6.45) is 6.92. The van der Waals surface area contributed by atoms with E-state index in [1.54, 1.807) is 18.2 Å². The van der Waals surface area contributed by atoms with Crippen LogP contribution in [0.15, 0.2) is 18.2 Å². The number of piperidine rings is 3. The van der Waals surface area contributed by atoms with Crippen molar-refractivity contribution in [1.82, 2.24) is 14.7 Å². The lowest BCUT2D eigenvalue weighted by Gasteiger charge is -2.37. The summed E-state index contributed by atoms with van der Waals surface area (Å²) in [6.45, 7) is 8.91. The van der Waals surface area contributed by atoms with Crippen molar-refractivity contribution in [2.75, 3.05) is 52.5 Å². The fourth-order valence-corrected chi connectivity index (χ4v) is 5.56. The summed E-state index contributed by atoms with van der Waals surface area (Å²) in [6, 6.07) is 5.16. The lowest BCUT2D eigenvalue weighted by molar-refractivity contribution is -0.138. The number of carbonyl (C=O) groups is 3. The second-order valence-corrected chi connectivity index (χ2v) is 10.4. The van der Waals surface area contributed by atoms with Crippen LogP contribution in [-0.4, -0.2) is 84.9 Å². The highest BCUT2D eigenvalue weighted by atomic mass is 16.5. The van der Waals surface area contributed by atoms with E-state index in [1.807, 2.05) is 21.6 Å². The van der Waals surface area contributed by atoms with Gasteiger partial charge in [-0.15, -0.1) is 0 Å². The SMILES string of the molecule is CCOc1cc(C(=O)N2CCC(C(=O)N3CCCC(C)C3)CC2)ccc1OCC(=O)N1CCCCC1. The van der Waals surface area contributed by atoms with Crippen LogP contribution in [0.3, 0.4) is 0 Å². The first-order chi connectivity index (χ1) is 17.5. The fraction of sp³-hybridized carbons (Fsp3) is 0.679. The minimum atomic E-state index is -0.0654. The Morgan fingerprint density at radius 1 is 0.833 bits per heavy atom. The maximum Gasteiger partial charge on any atom is 0.260 e. The first-order valence-corrected chi connectivity index (χ1v) is 13.7. The molecular weight excluding hydrogens is 458 g/mol. The fourth-order valence-electron chi connectivity index (χ4n) is 5.56. The van der Waals surface area contributed by atoms with Gasteiger partial charge in [-0.2, -0.15) is 0 Å². The molecule has 36 heavy (non-hydrogen) atoms. The third-order valence-corrected chi connectivity index (χ3v) is 7.65. The number of benzene rings is 1. The summed E-state index contributed by atoms with van der Waals surface area (Å²) in [4.78, 5) is 44.4. The molecule has 0 radical (unpaired) electrons. The van der Waals surface area contributed by atoms with Gasteiger partial charge in [0.25, 0.3) is 11.8 Å². The highest BCUT2D eigenvalue weighted by molar-refractivity contribution is 5.95. The van der Waals surface area contributed by atoms with Crippen LogP contribution in [-0.2, 0) is 9.59 Å². The van der Waals surface area contributed by atoms with Gasteiger partial charge in [-0.05, 0) is 76.0 Å². The topological polar surface area (TPSA) is 79.4 Å². The number of carbonyl (C=O) groups excluding carboxylic acids is 3. The minimum Gasteiger partial charge on any atom is -0.490 e. The van der Waals surface area contributed by atoms with E-state index < -0.39 is 0 Å². The van der Waals surface area contributed by atoms with Gasteiger partial charge in [-0.25, -0.2) is 0 Å². The molecule has 1 aromatic rings. The van der Waals surface area contributed by atoms with Gasteiger partial charge in [0.05, 0.1) is 6.61 Å². The molecule has 0 N–H and O–H groups in total. The number of likely N-dealkylation sites (tertiary alicyclic amines) is 3. The Labute approximate surface area is 214 Å². The molecule has 8 heteroatoms. The highest BCUT2D eigenvalue weighted by Crippen LogP contribution is 2.30. The molecule has 0 aliphatic carbocycles. The van der Waals surface area contributed by atoms with Crippen LogP contribution in [0.1, 0.15) is 69.2 Å². The largest absolute Gasteiger partial charge is 0.490 e. The summed E-state index contributed by atoms with van der Waals surface area (Å²) in [5.41, 5.74) is 0.530. The van der Waals surface area contributed by atoms with E-state index in [1.165, 1.54) is 12.8 Å².